The first-order chi connectivity index (χ1) is 22.0. The van der Waals surface area contributed by atoms with Gasteiger partial charge in [0.1, 0.15) is 0 Å². The van der Waals surface area contributed by atoms with Gasteiger partial charge in [-0.25, -0.2) is 0 Å². The molecule has 48 heavy (non-hydrogen) atoms. The normalized spacial score (nSPS) is 19.2. The van der Waals surface area contributed by atoms with E-state index in [1.165, 1.54) is 59.3 Å². The molecule has 1 saturated heterocycles. The topological polar surface area (TPSA) is 0 Å². The Morgan fingerprint density at radius 1 is 0.542 bits per heavy atom. The minimum absolute atomic E-state index is 0. The van der Waals surface area contributed by atoms with E-state index in [1.807, 2.05) is 0 Å². The minimum atomic E-state index is -3.01. The molecule has 3 heteroatoms. The van der Waals surface area contributed by atoms with Crippen molar-refractivity contribution in [2.75, 3.05) is 0 Å². The number of hydrogen-bond donors (Lipinski definition) is 0. The number of fused-ring (bicyclic) bond motifs is 2. The van der Waals surface area contributed by atoms with Crippen LogP contribution in [0.4, 0.5) is 0 Å². The summed E-state index contributed by atoms with van der Waals surface area (Å²) in [5.41, 5.74) is 18.5. The van der Waals surface area contributed by atoms with Gasteiger partial charge in [0.2, 0.25) is 0 Å². The summed E-state index contributed by atoms with van der Waals surface area (Å²) < 4.78 is 4.42. The predicted molar refractivity (Wildman–Crippen MR) is 212 cm³/mol. The Bertz CT molecular complexity index is 1710. The first kappa shape index (κ1) is 37.1. The van der Waals surface area contributed by atoms with Crippen molar-refractivity contribution in [1.82, 2.24) is 0 Å². The van der Waals surface area contributed by atoms with E-state index >= 15 is 0 Å². The van der Waals surface area contributed by atoms with Gasteiger partial charge < -0.3 is 0 Å². The first-order valence-corrected chi connectivity index (χ1v) is 27.1. The Hall–Kier alpha value is -2.19. The molecule has 3 aliphatic rings. The van der Waals surface area contributed by atoms with Crippen LogP contribution in [0.25, 0.3) is 34.4 Å². The molecule has 2 aliphatic carbocycles. The van der Waals surface area contributed by atoms with Crippen molar-refractivity contribution < 1.29 is 20.0 Å². The second-order valence-electron chi connectivity index (χ2n) is 16.4. The van der Waals surface area contributed by atoms with Gasteiger partial charge in [-0.05, 0) is 0 Å². The largest absolute Gasteiger partial charge is 0.147 e. The molecule has 252 valence electrons. The Morgan fingerprint density at radius 3 is 1.21 bits per heavy atom. The molecule has 1 fully saturated rings. The molecule has 4 aromatic carbocycles. The average molecular weight is 844 g/mol. The third-order valence-corrected chi connectivity index (χ3v) is 34.1. The second-order valence-corrected chi connectivity index (χ2v) is 33.0. The van der Waals surface area contributed by atoms with Gasteiger partial charge >= 0.3 is 285 Å². The van der Waals surface area contributed by atoms with Crippen molar-refractivity contribution in [3.05, 3.63) is 129 Å². The molecule has 0 radical (unpaired) electrons. The molecule has 4 aromatic rings. The van der Waals surface area contributed by atoms with Crippen molar-refractivity contribution >= 4 is 37.0 Å². The standard InChI is InChI=1S/2C21H23.C3H6.2ClH.Hf/c2*1-5-15-13-17-7-6-8-19(20(17)14-15)16-9-11-18(12-10-16)21(2,3)4;1-3-2;;;/h2*6-14H,5H2,1-4H3;1-3H2;2*1H;. The molecular weight excluding hydrogens is 790 g/mol. The van der Waals surface area contributed by atoms with Crippen LogP contribution in [-0.2, 0) is 30.8 Å². The van der Waals surface area contributed by atoms with Crippen LogP contribution in [0.1, 0.15) is 115 Å². The van der Waals surface area contributed by atoms with E-state index < -0.39 is 20.0 Å². The van der Waals surface area contributed by atoms with E-state index in [-0.39, 0.29) is 35.6 Å². The molecule has 0 bridgehead atoms. The van der Waals surface area contributed by atoms with Crippen LogP contribution in [0, 0.1) is 0 Å². The number of halogens is 2. The van der Waals surface area contributed by atoms with Crippen LogP contribution in [-0.4, -0.2) is 0 Å². The molecule has 2 atom stereocenters. The monoisotopic (exact) mass is 844 g/mol. The molecule has 7 rings (SSSR count). The first-order valence-electron chi connectivity index (χ1n) is 17.8. The summed E-state index contributed by atoms with van der Waals surface area (Å²) in [4.78, 5) is 0. The van der Waals surface area contributed by atoms with E-state index in [0.29, 0.717) is 7.35 Å². The summed E-state index contributed by atoms with van der Waals surface area (Å²) in [6.45, 7) is 18.7. The predicted octanol–water partition coefficient (Wildman–Crippen LogP) is 14.2. The summed E-state index contributed by atoms with van der Waals surface area (Å²) in [5.74, 6) is 0. The Labute approximate surface area is 307 Å². The molecule has 0 aromatic heterocycles. The van der Waals surface area contributed by atoms with Gasteiger partial charge in [0, 0.05) is 0 Å². The quantitative estimate of drug-likeness (QED) is 0.170. The third-order valence-electron chi connectivity index (χ3n) is 11.7. The fourth-order valence-corrected chi connectivity index (χ4v) is 32.2. The maximum Gasteiger partial charge on any atom is -0.147 e. The molecule has 2 unspecified atom stereocenters. The van der Waals surface area contributed by atoms with Gasteiger partial charge in [-0.1, -0.05) is 0 Å². The van der Waals surface area contributed by atoms with Crippen LogP contribution in [0.5, 0.6) is 0 Å². The molecule has 0 N–H and O–H groups in total. The van der Waals surface area contributed by atoms with E-state index in [9.17, 15) is 0 Å². The van der Waals surface area contributed by atoms with E-state index in [0.717, 1.165) is 12.8 Å². The summed E-state index contributed by atoms with van der Waals surface area (Å²) in [7, 11) is 0. The van der Waals surface area contributed by atoms with Crippen molar-refractivity contribution in [3.8, 4) is 22.3 Å². The van der Waals surface area contributed by atoms with Crippen molar-refractivity contribution in [1.29, 1.82) is 0 Å². The third kappa shape index (κ3) is 6.20. The van der Waals surface area contributed by atoms with Crippen LogP contribution >= 0.6 is 24.8 Å². The van der Waals surface area contributed by atoms with E-state index in [4.69, 9.17) is 0 Å². The van der Waals surface area contributed by atoms with Gasteiger partial charge in [0.15, 0.2) is 0 Å². The number of benzene rings is 4. The Morgan fingerprint density at radius 2 is 0.917 bits per heavy atom. The fourth-order valence-electron chi connectivity index (χ4n) is 9.03. The van der Waals surface area contributed by atoms with Crippen molar-refractivity contribution in [3.63, 3.8) is 0 Å². The molecule has 0 amide bonds. The zero-order valence-electron chi connectivity index (χ0n) is 30.2. The average Bonchev–Trinajstić information content (AvgIpc) is 3.59. The molecule has 0 nitrogen and oxygen atoms in total. The smallest absolute Gasteiger partial charge is 0.147 e. The fraction of sp³-hybridized carbons (Fsp3) is 0.378. The van der Waals surface area contributed by atoms with Gasteiger partial charge in [-0.15, -0.1) is 24.8 Å². The summed E-state index contributed by atoms with van der Waals surface area (Å²) in [5, 5.41) is 0. The van der Waals surface area contributed by atoms with Gasteiger partial charge in [-0.2, -0.15) is 0 Å². The number of allylic oxidation sites excluding steroid dienone is 2. The zero-order chi connectivity index (χ0) is 32.4. The van der Waals surface area contributed by atoms with Crippen LogP contribution < -0.4 is 0 Å². The van der Waals surface area contributed by atoms with Crippen LogP contribution in [0.3, 0.4) is 0 Å². The minimum Gasteiger partial charge on any atom is -0.147 e. The Balaban J connectivity index is 0.00000225. The van der Waals surface area contributed by atoms with E-state index in [1.54, 1.807) is 22.3 Å². The SMILES string of the molecule is CCC1=Cc2c(-c3ccc(C(C)(C)C)cc3)cccc2[CH]1[Hf]1([CH]2C(CC)=Cc3c(-c4ccc(C(C)(C)C)cc4)cccc32)[CH2]C[CH2]1.Cl.Cl. The Kier molecular flexibility index (Phi) is 10.7. The second kappa shape index (κ2) is 13.8. The molecule has 0 saturated carbocycles. The number of hydrogen-bond acceptors (Lipinski definition) is 0. The van der Waals surface area contributed by atoms with Gasteiger partial charge in [0.05, 0.1) is 0 Å². The number of rotatable bonds is 6. The molecular formula is C45H54Cl2Hf. The summed E-state index contributed by atoms with van der Waals surface area (Å²) in [6, 6.07) is 33.4. The van der Waals surface area contributed by atoms with Crippen molar-refractivity contribution in [2.45, 2.75) is 101 Å². The summed E-state index contributed by atoms with van der Waals surface area (Å²) >= 11 is -3.01. The van der Waals surface area contributed by atoms with E-state index in [2.05, 4.69) is 152 Å². The molecule has 1 heterocycles. The van der Waals surface area contributed by atoms with Crippen LogP contribution in [0.15, 0.2) is 96.1 Å². The van der Waals surface area contributed by atoms with Crippen molar-refractivity contribution in [2.24, 2.45) is 0 Å². The summed E-state index contributed by atoms with van der Waals surface area (Å²) in [6.07, 6.45) is 9.04. The van der Waals surface area contributed by atoms with Gasteiger partial charge in [0.25, 0.3) is 0 Å². The molecule has 1 aliphatic heterocycles. The molecule has 0 spiro atoms. The maximum absolute atomic E-state index is 3.01. The zero-order valence-corrected chi connectivity index (χ0v) is 35.5. The van der Waals surface area contributed by atoms with Gasteiger partial charge in [-0.3, -0.25) is 0 Å². The van der Waals surface area contributed by atoms with Crippen LogP contribution in [0.2, 0.25) is 8.35 Å². The maximum atomic E-state index is 2.64.